The second-order valence-corrected chi connectivity index (χ2v) is 4.66. The monoisotopic (exact) mass is 334 g/mol. The van der Waals surface area contributed by atoms with Crippen LogP contribution in [0.25, 0.3) is 6.08 Å². The number of nitrogens with zero attached hydrogens (tertiary/aromatic N) is 1. The zero-order chi connectivity index (χ0) is 14.0. The summed E-state index contributed by atoms with van der Waals surface area (Å²) >= 11 is 3.02. The van der Waals surface area contributed by atoms with Gasteiger partial charge in [-0.3, -0.25) is 14.3 Å². The summed E-state index contributed by atoms with van der Waals surface area (Å²) in [4.78, 5) is 26.7. The number of rotatable bonds is 3. The fourth-order valence-corrected chi connectivity index (χ4v) is 2.22. The van der Waals surface area contributed by atoms with Gasteiger partial charge in [0.05, 0.1) is 18.3 Å². The summed E-state index contributed by atoms with van der Waals surface area (Å²) in [6, 6.07) is 0. The molecule has 0 spiro atoms. The van der Waals surface area contributed by atoms with E-state index in [4.69, 9.17) is 9.84 Å². The van der Waals surface area contributed by atoms with Gasteiger partial charge in [-0.15, -0.1) is 0 Å². The number of hydrogen-bond donors (Lipinski definition) is 2. The number of aromatic nitrogens is 2. The van der Waals surface area contributed by atoms with E-state index in [1.807, 2.05) is 0 Å². The third-order valence-electron chi connectivity index (χ3n) is 2.85. The van der Waals surface area contributed by atoms with Gasteiger partial charge < -0.3 is 9.84 Å². The Morgan fingerprint density at radius 1 is 1.63 bits per heavy atom. The number of alkyl halides is 1. The van der Waals surface area contributed by atoms with Crippen molar-refractivity contribution in [3.8, 4) is 0 Å². The minimum Gasteiger partial charge on any atom is -0.394 e. The van der Waals surface area contributed by atoms with E-state index in [9.17, 15) is 14.0 Å². The maximum atomic E-state index is 13.8. The molecule has 0 aromatic carbocycles. The maximum absolute atomic E-state index is 13.8. The number of halogens is 2. The number of aliphatic hydroxyl groups is 1. The van der Waals surface area contributed by atoms with Crippen molar-refractivity contribution in [2.75, 3.05) is 6.61 Å². The SMILES string of the molecule is O=c1[nH]c(=O)n([C@@H]2O[C@H](CO)C[C@@H]2F)cc1C=CBr. The van der Waals surface area contributed by atoms with E-state index in [2.05, 4.69) is 20.9 Å². The molecule has 2 heterocycles. The van der Waals surface area contributed by atoms with E-state index in [1.165, 1.54) is 17.3 Å². The van der Waals surface area contributed by atoms with Crippen molar-refractivity contribution >= 4 is 22.0 Å². The Morgan fingerprint density at radius 2 is 2.37 bits per heavy atom. The molecule has 0 radical (unpaired) electrons. The summed E-state index contributed by atoms with van der Waals surface area (Å²) in [7, 11) is 0. The Morgan fingerprint density at radius 3 is 2.95 bits per heavy atom. The van der Waals surface area contributed by atoms with Gasteiger partial charge in [-0.25, -0.2) is 9.18 Å². The number of nitrogens with one attached hydrogen (secondary N) is 1. The van der Waals surface area contributed by atoms with Gasteiger partial charge >= 0.3 is 5.69 Å². The average Bonchev–Trinajstić information content (AvgIpc) is 2.74. The van der Waals surface area contributed by atoms with Crippen molar-refractivity contribution in [1.29, 1.82) is 0 Å². The normalized spacial score (nSPS) is 27.2. The predicted molar refractivity (Wildman–Crippen MR) is 69.8 cm³/mol. The zero-order valence-electron chi connectivity index (χ0n) is 9.75. The van der Waals surface area contributed by atoms with Crippen molar-refractivity contribution < 1.29 is 14.2 Å². The Bertz CT molecular complexity index is 597. The van der Waals surface area contributed by atoms with Crippen molar-refractivity contribution in [2.24, 2.45) is 0 Å². The first-order valence-electron chi connectivity index (χ1n) is 5.59. The molecule has 1 saturated heterocycles. The number of aliphatic hydroxyl groups excluding tert-OH is 1. The highest BCUT2D eigenvalue weighted by Gasteiger charge is 2.37. The van der Waals surface area contributed by atoms with Crippen LogP contribution in [0.4, 0.5) is 4.39 Å². The van der Waals surface area contributed by atoms with Crippen LogP contribution in [0.3, 0.4) is 0 Å². The first kappa shape index (κ1) is 14.2. The molecular weight excluding hydrogens is 323 g/mol. The summed E-state index contributed by atoms with van der Waals surface area (Å²) in [5, 5.41) is 8.95. The van der Waals surface area contributed by atoms with Crippen molar-refractivity contribution in [2.45, 2.75) is 24.9 Å². The van der Waals surface area contributed by atoms with Crippen LogP contribution < -0.4 is 11.2 Å². The van der Waals surface area contributed by atoms with Gasteiger partial charge in [-0.05, 0) is 11.1 Å². The van der Waals surface area contributed by atoms with Crippen LogP contribution in [0.1, 0.15) is 18.2 Å². The van der Waals surface area contributed by atoms with Crippen LogP contribution in [-0.4, -0.2) is 33.5 Å². The molecule has 0 aliphatic carbocycles. The summed E-state index contributed by atoms with van der Waals surface area (Å²) in [6.45, 7) is -0.316. The molecule has 19 heavy (non-hydrogen) atoms. The summed E-state index contributed by atoms with van der Waals surface area (Å²) in [5.74, 6) is 0. The van der Waals surface area contributed by atoms with Gasteiger partial charge in [0.15, 0.2) is 6.23 Å². The van der Waals surface area contributed by atoms with E-state index < -0.39 is 29.8 Å². The molecule has 2 N–H and O–H groups in total. The van der Waals surface area contributed by atoms with Crippen LogP contribution in [0.5, 0.6) is 0 Å². The smallest absolute Gasteiger partial charge is 0.330 e. The highest BCUT2D eigenvalue weighted by atomic mass is 79.9. The van der Waals surface area contributed by atoms with Crippen LogP contribution in [0, 0.1) is 0 Å². The van der Waals surface area contributed by atoms with Crippen molar-refractivity contribution in [3.05, 3.63) is 37.6 Å². The topological polar surface area (TPSA) is 84.3 Å². The average molecular weight is 335 g/mol. The van der Waals surface area contributed by atoms with Crippen LogP contribution >= 0.6 is 15.9 Å². The van der Waals surface area contributed by atoms with Crippen molar-refractivity contribution in [1.82, 2.24) is 9.55 Å². The largest absolute Gasteiger partial charge is 0.394 e. The third-order valence-corrected chi connectivity index (χ3v) is 3.11. The lowest BCUT2D eigenvalue weighted by Crippen LogP contribution is -2.35. The number of H-pyrrole nitrogens is 1. The maximum Gasteiger partial charge on any atom is 0.330 e. The van der Waals surface area contributed by atoms with Crippen LogP contribution in [-0.2, 0) is 4.74 Å². The molecule has 1 aliphatic heterocycles. The summed E-state index contributed by atoms with van der Waals surface area (Å²) < 4.78 is 20.0. The Hall–Kier alpha value is -1.25. The van der Waals surface area contributed by atoms with E-state index >= 15 is 0 Å². The third kappa shape index (κ3) is 2.85. The van der Waals surface area contributed by atoms with E-state index in [1.54, 1.807) is 0 Å². The van der Waals surface area contributed by atoms with Crippen molar-refractivity contribution in [3.63, 3.8) is 0 Å². The molecule has 8 heteroatoms. The lowest BCUT2D eigenvalue weighted by atomic mass is 10.2. The first-order valence-corrected chi connectivity index (χ1v) is 6.51. The Kier molecular flexibility index (Phi) is 4.33. The molecule has 0 saturated carbocycles. The first-order chi connectivity index (χ1) is 9.06. The van der Waals surface area contributed by atoms with Gasteiger partial charge in [0.2, 0.25) is 0 Å². The molecule has 104 valence electrons. The lowest BCUT2D eigenvalue weighted by molar-refractivity contribution is -0.0394. The van der Waals surface area contributed by atoms with Gasteiger partial charge in [0, 0.05) is 12.6 Å². The number of hydrogen-bond acceptors (Lipinski definition) is 4. The van der Waals surface area contributed by atoms with Gasteiger partial charge in [0.1, 0.15) is 6.17 Å². The minimum atomic E-state index is -1.42. The Balaban J connectivity index is 2.42. The van der Waals surface area contributed by atoms with Crippen LogP contribution in [0.2, 0.25) is 0 Å². The van der Waals surface area contributed by atoms with E-state index in [0.717, 1.165) is 4.57 Å². The molecule has 1 aromatic heterocycles. The second-order valence-electron chi connectivity index (χ2n) is 4.13. The summed E-state index contributed by atoms with van der Waals surface area (Å²) in [5.41, 5.74) is -1.12. The molecule has 0 bridgehead atoms. The lowest BCUT2D eigenvalue weighted by Gasteiger charge is -2.16. The molecule has 6 nitrogen and oxygen atoms in total. The highest BCUT2D eigenvalue weighted by molar-refractivity contribution is 9.11. The standard InChI is InChI=1S/C11H12BrFN2O4/c12-2-1-6-4-15(11(18)14-9(6)17)10-8(13)3-7(5-16)19-10/h1-2,4,7-8,10,16H,3,5H2,(H,14,17,18)/t7-,8-,10+/m0/s1. The molecule has 1 fully saturated rings. The summed E-state index contributed by atoms with van der Waals surface area (Å²) in [6.07, 6.45) is -0.522. The second kappa shape index (κ2) is 5.81. The minimum absolute atomic E-state index is 0.0103. The molecule has 3 atom stereocenters. The Labute approximate surface area is 115 Å². The molecule has 0 unspecified atom stereocenters. The van der Waals surface area contributed by atoms with Gasteiger partial charge in [-0.1, -0.05) is 15.9 Å². The fraction of sp³-hybridized carbons (Fsp3) is 0.455. The molecule has 0 amide bonds. The number of ether oxygens (including phenoxy) is 1. The van der Waals surface area contributed by atoms with E-state index in [-0.39, 0.29) is 18.6 Å². The molecule has 1 aliphatic rings. The molecule has 2 rings (SSSR count). The molecule has 1 aromatic rings. The fourth-order valence-electron chi connectivity index (χ4n) is 1.94. The van der Waals surface area contributed by atoms with Crippen LogP contribution in [0.15, 0.2) is 20.8 Å². The van der Waals surface area contributed by atoms with Gasteiger partial charge in [-0.2, -0.15) is 0 Å². The zero-order valence-corrected chi connectivity index (χ0v) is 11.3. The van der Waals surface area contributed by atoms with Gasteiger partial charge in [0.25, 0.3) is 5.56 Å². The highest BCUT2D eigenvalue weighted by Crippen LogP contribution is 2.30. The van der Waals surface area contributed by atoms with E-state index in [0.29, 0.717) is 0 Å². The predicted octanol–water partition coefficient (Wildman–Crippen LogP) is 0.520. The number of aromatic amines is 1. The quantitative estimate of drug-likeness (QED) is 0.844. The molecular formula is C11H12BrFN2O4.